The molecule has 0 unspecified atom stereocenters. The fourth-order valence-electron chi connectivity index (χ4n) is 7.44. The van der Waals surface area contributed by atoms with Crippen LogP contribution in [0.4, 0.5) is 0 Å². The van der Waals surface area contributed by atoms with Gasteiger partial charge in [0.25, 0.3) is 8.32 Å². The fourth-order valence-corrected chi connectivity index (χ4v) is 13.3. The highest BCUT2D eigenvalue weighted by molar-refractivity contribution is 6.99. The largest absolute Gasteiger partial charge is 0.403 e. The number of hydrogen-bond donors (Lipinski definition) is 0. The number of piperidine rings is 1. The standard InChI is InChI=1S/C27H37NOSi/c1-17-12-19(3)26(20(4)13-17)30(27-21(5)14-18(2)15-22(27)6)16-23-9-11-28-10-7-8-24(28)25(23)29-30/h12-15,23-25H,7-11,16H2,1-6H3/t23-,24-,25+/m0/s1. The van der Waals surface area contributed by atoms with Gasteiger partial charge in [-0.25, -0.2) is 0 Å². The number of fused-ring (bicyclic) bond motifs is 3. The van der Waals surface area contributed by atoms with Crippen LogP contribution in [0.15, 0.2) is 24.3 Å². The maximum atomic E-state index is 7.54. The molecule has 3 saturated heterocycles. The summed E-state index contributed by atoms with van der Waals surface area (Å²) < 4.78 is 7.54. The summed E-state index contributed by atoms with van der Waals surface area (Å²) in [5.41, 5.74) is 8.52. The first-order chi connectivity index (χ1) is 14.3. The maximum Gasteiger partial charge on any atom is 0.257 e. The van der Waals surface area contributed by atoms with Gasteiger partial charge in [0, 0.05) is 6.04 Å². The molecule has 0 bridgehead atoms. The Bertz CT molecular complexity index is 893. The molecule has 0 aromatic heterocycles. The highest BCUT2D eigenvalue weighted by Gasteiger charge is 2.57. The topological polar surface area (TPSA) is 12.5 Å². The average molecular weight is 420 g/mol. The van der Waals surface area contributed by atoms with E-state index in [-0.39, 0.29) is 0 Å². The normalized spacial score (nSPS) is 27.9. The van der Waals surface area contributed by atoms with Gasteiger partial charge < -0.3 is 4.43 Å². The van der Waals surface area contributed by atoms with Crippen molar-refractivity contribution in [3.63, 3.8) is 0 Å². The first-order valence-electron chi connectivity index (χ1n) is 11.9. The van der Waals surface area contributed by atoms with E-state index in [4.69, 9.17) is 4.43 Å². The lowest BCUT2D eigenvalue weighted by Gasteiger charge is -2.39. The molecule has 3 atom stereocenters. The lowest BCUT2D eigenvalue weighted by molar-refractivity contribution is 0.0341. The first kappa shape index (κ1) is 20.5. The quantitative estimate of drug-likeness (QED) is 0.666. The lowest BCUT2D eigenvalue weighted by atomic mass is 9.89. The monoisotopic (exact) mass is 419 g/mol. The molecule has 0 spiro atoms. The van der Waals surface area contributed by atoms with E-state index >= 15 is 0 Å². The van der Waals surface area contributed by atoms with Crippen molar-refractivity contribution in [1.29, 1.82) is 0 Å². The number of hydrogen-bond acceptors (Lipinski definition) is 2. The van der Waals surface area contributed by atoms with Crippen LogP contribution in [0, 0.1) is 47.5 Å². The molecule has 0 amide bonds. The number of benzene rings is 2. The van der Waals surface area contributed by atoms with Gasteiger partial charge >= 0.3 is 0 Å². The third kappa shape index (κ3) is 3.04. The minimum atomic E-state index is -2.32. The van der Waals surface area contributed by atoms with Gasteiger partial charge in [-0.3, -0.25) is 4.90 Å². The molecule has 3 aliphatic heterocycles. The van der Waals surface area contributed by atoms with Crippen molar-refractivity contribution in [3.8, 4) is 0 Å². The number of nitrogens with zero attached hydrogens (tertiary/aromatic N) is 1. The van der Waals surface area contributed by atoms with E-state index in [1.54, 1.807) is 10.4 Å². The molecule has 30 heavy (non-hydrogen) atoms. The van der Waals surface area contributed by atoms with Gasteiger partial charge in [-0.15, -0.1) is 0 Å². The van der Waals surface area contributed by atoms with E-state index in [0.29, 0.717) is 12.1 Å². The SMILES string of the molecule is Cc1cc(C)c([Si]2(c3c(C)cc(C)cc3C)C[C@@H]3CCN4CCC[C@H]4[C@@H]3O2)c(C)c1. The van der Waals surface area contributed by atoms with Crippen molar-refractivity contribution in [2.45, 2.75) is 79.0 Å². The molecule has 0 radical (unpaired) electrons. The fraction of sp³-hybridized carbons (Fsp3) is 0.556. The third-order valence-electron chi connectivity index (χ3n) is 8.09. The van der Waals surface area contributed by atoms with Gasteiger partial charge in [0.05, 0.1) is 6.10 Å². The Labute approximate surface area is 183 Å². The van der Waals surface area contributed by atoms with Crippen LogP contribution in [0.1, 0.15) is 52.6 Å². The maximum absolute atomic E-state index is 7.54. The average Bonchev–Trinajstić information content (AvgIpc) is 3.24. The van der Waals surface area contributed by atoms with Crippen LogP contribution < -0.4 is 10.4 Å². The molecule has 2 nitrogen and oxygen atoms in total. The highest BCUT2D eigenvalue weighted by Crippen LogP contribution is 2.44. The van der Waals surface area contributed by atoms with Gasteiger partial charge in [-0.2, -0.15) is 0 Å². The second-order valence-corrected chi connectivity index (χ2v) is 13.8. The minimum Gasteiger partial charge on any atom is -0.403 e. The number of rotatable bonds is 2. The zero-order valence-corrected chi connectivity index (χ0v) is 20.6. The summed E-state index contributed by atoms with van der Waals surface area (Å²) in [5.74, 6) is 0.719. The molecule has 2 aromatic carbocycles. The van der Waals surface area contributed by atoms with Gasteiger partial charge in [0.1, 0.15) is 0 Å². The van der Waals surface area contributed by atoms with E-state index in [9.17, 15) is 0 Å². The summed E-state index contributed by atoms with van der Waals surface area (Å²) in [5, 5.41) is 3.14. The number of aryl methyl sites for hydroxylation is 6. The van der Waals surface area contributed by atoms with Crippen molar-refractivity contribution in [1.82, 2.24) is 4.90 Å². The predicted molar refractivity (Wildman–Crippen MR) is 129 cm³/mol. The molecule has 0 aliphatic carbocycles. The van der Waals surface area contributed by atoms with E-state index in [0.717, 1.165) is 5.92 Å². The second-order valence-electron chi connectivity index (χ2n) is 10.5. The zero-order chi connectivity index (χ0) is 21.2. The van der Waals surface area contributed by atoms with Gasteiger partial charge in [0.15, 0.2) is 0 Å². The summed E-state index contributed by atoms with van der Waals surface area (Å²) in [4.78, 5) is 2.73. The van der Waals surface area contributed by atoms with E-state index in [1.165, 1.54) is 71.8 Å². The van der Waals surface area contributed by atoms with Crippen molar-refractivity contribution >= 4 is 18.7 Å². The Balaban J connectivity index is 1.73. The second kappa shape index (κ2) is 7.32. The van der Waals surface area contributed by atoms with Crippen LogP contribution in [-0.4, -0.2) is 38.5 Å². The van der Waals surface area contributed by atoms with Crippen LogP contribution in [-0.2, 0) is 4.43 Å². The summed E-state index contributed by atoms with van der Waals surface area (Å²) in [6.45, 7) is 16.3. The van der Waals surface area contributed by atoms with E-state index in [1.807, 2.05) is 0 Å². The summed E-state index contributed by atoms with van der Waals surface area (Å²) in [6.07, 6.45) is 4.40. The van der Waals surface area contributed by atoms with Crippen LogP contribution in [0.3, 0.4) is 0 Å². The van der Waals surface area contributed by atoms with Crippen molar-refractivity contribution in [2.75, 3.05) is 13.1 Å². The Morgan fingerprint density at radius 1 is 0.767 bits per heavy atom. The van der Waals surface area contributed by atoms with Crippen molar-refractivity contribution in [2.24, 2.45) is 5.92 Å². The van der Waals surface area contributed by atoms with Gasteiger partial charge in [-0.1, -0.05) is 35.4 Å². The molecule has 3 heteroatoms. The molecule has 2 aromatic rings. The summed E-state index contributed by atoms with van der Waals surface area (Å²) in [7, 11) is -2.32. The highest BCUT2D eigenvalue weighted by atomic mass is 28.4. The van der Waals surface area contributed by atoms with Crippen LogP contribution in [0.2, 0.25) is 6.04 Å². The minimum absolute atomic E-state index is 0.424. The smallest absolute Gasteiger partial charge is 0.257 e. The molecule has 3 fully saturated rings. The molecule has 160 valence electrons. The molecular formula is C27H37NOSi. The van der Waals surface area contributed by atoms with Gasteiger partial charge in [-0.05, 0) is 118 Å². The first-order valence-corrected chi connectivity index (χ1v) is 14.0. The Morgan fingerprint density at radius 3 is 1.83 bits per heavy atom. The molecule has 0 saturated carbocycles. The Morgan fingerprint density at radius 2 is 1.30 bits per heavy atom. The third-order valence-corrected chi connectivity index (χ3v) is 13.1. The summed E-state index contributed by atoms with van der Waals surface area (Å²) >= 11 is 0. The molecule has 3 aliphatic rings. The van der Waals surface area contributed by atoms with Crippen molar-refractivity contribution < 1.29 is 4.43 Å². The molecule has 5 rings (SSSR count). The van der Waals surface area contributed by atoms with E-state index < -0.39 is 8.32 Å². The molecular weight excluding hydrogens is 382 g/mol. The lowest BCUT2D eigenvalue weighted by Crippen LogP contribution is -2.62. The molecule has 0 N–H and O–H groups in total. The summed E-state index contributed by atoms with van der Waals surface area (Å²) in [6, 6.07) is 11.5. The predicted octanol–water partition coefficient (Wildman–Crippen LogP) is 4.48. The van der Waals surface area contributed by atoms with Crippen LogP contribution in [0.25, 0.3) is 0 Å². The van der Waals surface area contributed by atoms with Gasteiger partial charge in [0.2, 0.25) is 0 Å². The van der Waals surface area contributed by atoms with Crippen molar-refractivity contribution in [3.05, 3.63) is 57.6 Å². The molecule has 3 heterocycles. The van der Waals surface area contributed by atoms with Crippen LogP contribution >= 0.6 is 0 Å². The Kier molecular flexibility index (Phi) is 5.00. The van der Waals surface area contributed by atoms with E-state index in [2.05, 4.69) is 70.7 Å². The zero-order valence-electron chi connectivity index (χ0n) is 19.6. The Hall–Kier alpha value is -1.42. The van der Waals surface area contributed by atoms with Crippen LogP contribution in [0.5, 0.6) is 0 Å².